The maximum absolute atomic E-state index is 10.3. The van der Waals surface area contributed by atoms with Crippen molar-refractivity contribution in [3.05, 3.63) is 0 Å². The van der Waals surface area contributed by atoms with Gasteiger partial charge < -0.3 is 9.84 Å². The highest BCUT2D eigenvalue weighted by atomic mass is 16.4. The largest absolute Gasteiger partial charge is 0.481 e. The van der Waals surface area contributed by atoms with Gasteiger partial charge in [0.1, 0.15) is 0 Å². The Morgan fingerprint density at radius 1 is 0.750 bits per heavy atom. The van der Waals surface area contributed by atoms with Gasteiger partial charge in [0.05, 0.1) is 0 Å². The molecule has 0 rings (SSSR count). The molecule has 0 saturated carbocycles. The van der Waals surface area contributed by atoms with Crippen LogP contribution in [0.4, 0.5) is 0 Å². The van der Waals surface area contributed by atoms with Crippen LogP contribution in [0.1, 0.15) is 90.4 Å². The summed E-state index contributed by atoms with van der Waals surface area (Å²) in [6.45, 7) is 2.25. The van der Waals surface area contributed by atoms with Crippen molar-refractivity contribution in [3.63, 3.8) is 0 Å². The van der Waals surface area contributed by atoms with Gasteiger partial charge in [0.2, 0.25) is 0 Å². The molecule has 0 heterocycles. The summed E-state index contributed by atoms with van der Waals surface area (Å²) < 4.78 is 4.25. The molecule has 0 aliphatic carbocycles. The van der Waals surface area contributed by atoms with E-state index in [1.165, 1.54) is 64.2 Å². The molecule has 0 atom stereocenters. The molecule has 3 heteroatoms. The van der Waals surface area contributed by atoms with Gasteiger partial charge in [-0.1, -0.05) is 77.6 Å². The first-order chi connectivity index (χ1) is 9.68. The smallest absolute Gasteiger partial charge is 0.303 e. The molecule has 0 fully saturated rings. The van der Waals surface area contributed by atoms with E-state index in [-0.39, 0.29) is 0 Å². The molecule has 3 nitrogen and oxygen atoms in total. The van der Waals surface area contributed by atoms with E-state index in [1.54, 1.807) is 14.2 Å². The zero-order valence-corrected chi connectivity index (χ0v) is 14.0. The number of methoxy groups -OCH3 is 1. The monoisotopic (exact) mass is 288 g/mol. The zero-order valence-electron chi connectivity index (χ0n) is 14.0. The quantitative estimate of drug-likeness (QED) is 0.460. The lowest BCUT2D eigenvalue weighted by molar-refractivity contribution is -0.137. The Bertz CT molecular complexity index is 181. The molecule has 0 aliphatic rings. The van der Waals surface area contributed by atoms with Crippen molar-refractivity contribution in [2.45, 2.75) is 90.4 Å². The van der Waals surface area contributed by atoms with Crippen LogP contribution in [0.5, 0.6) is 0 Å². The van der Waals surface area contributed by atoms with E-state index in [0.717, 1.165) is 12.8 Å². The molecule has 122 valence electrons. The lowest BCUT2D eigenvalue weighted by Gasteiger charge is -2.02. The summed E-state index contributed by atoms with van der Waals surface area (Å²) in [7, 11) is 3.25. The second kappa shape index (κ2) is 20.7. The van der Waals surface area contributed by atoms with E-state index < -0.39 is 5.97 Å². The predicted octanol–water partition coefficient (Wildman–Crippen LogP) is 5.42. The number of ether oxygens (including phenoxy) is 1. The average molecular weight is 288 g/mol. The molecule has 1 N–H and O–H groups in total. The van der Waals surface area contributed by atoms with Crippen molar-refractivity contribution in [1.29, 1.82) is 0 Å². The summed E-state index contributed by atoms with van der Waals surface area (Å²) in [6, 6.07) is 0. The lowest BCUT2D eigenvalue weighted by Crippen LogP contribution is -1.93. The van der Waals surface area contributed by atoms with E-state index in [4.69, 9.17) is 5.11 Å². The van der Waals surface area contributed by atoms with Crippen molar-refractivity contribution in [1.82, 2.24) is 0 Å². The van der Waals surface area contributed by atoms with Crippen LogP contribution in [0, 0.1) is 0 Å². The van der Waals surface area contributed by atoms with E-state index in [1.807, 2.05) is 0 Å². The maximum atomic E-state index is 10.3. The molecule has 0 aromatic heterocycles. The van der Waals surface area contributed by atoms with Crippen molar-refractivity contribution in [2.75, 3.05) is 14.2 Å². The highest BCUT2D eigenvalue weighted by Crippen LogP contribution is 2.12. The van der Waals surface area contributed by atoms with Gasteiger partial charge in [0.25, 0.3) is 0 Å². The fourth-order valence-corrected chi connectivity index (χ4v) is 2.12. The molecule has 20 heavy (non-hydrogen) atoms. The van der Waals surface area contributed by atoms with Crippen LogP contribution in [0.15, 0.2) is 0 Å². The minimum atomic E-state index is -0.655. The number of rotatable bonds is 13. The topological polar surface area (TPSA) is 46.5 Å². The van der Waals surface area contributed by atoms with Gasteiger partial charge in [-0.3, -0.25) is 4.79 Å². The van der Waals surface area contributed by atoms with Gasteiger partial charge in [0.15, 0.2) is 0 Å². The van der Waals surface area contributed by atoms with Crippen LogP contribution >= 0.6 is 0 Å². The van der Waals surface area contributed by atoms with Crippen molar-refractivity contribution in [2.24, 2.45) is 0 Å². The third kappa shape index (κ3) is 26.1. The first-order valence-electron chi connectivity index (χ1n) is 8.30. The summed E-state index contributed by atoms with van der Waals surface area (Å²) in [5, 5.41) is 8.47. The summed E-state index contributed by atoms with van der Waals surface area (Å²) in [4.78, 5) is 10.3. The SMILES string of the molecule is CCCCCCCCCCCCCCC(=O)O.COC. The lowest BCUT2D eigenvalue weighted by atomic mass is 10.0. The van der Waals surface area contributed by atoms with Crippen LogP contribution in [0.2, 0.25) is 0 Å². The Morgan fingerprint density at radius 3 is 1.35 bits per heavy atom. The summed E-state index contributed by atoms with van der Waals surface area (Å²) >= 11 is 0. The highest BCUT2D eigenvalue weighted by molar-refractivity contribution is 5.66. The molecule has 0 unspecified atom stereocenters. The van der Waals surface area contributed by atoms with Gasteiger partial charge in [-0.25, -0.2) is 0 Å². The van der Waals surface area contributed by atoms with E-state index in [0.29, 0.717) is 6.42 Å². The number of unbranched alkanes of at least 4 members (excludes halogenated alkanes) is 11. The minimum absolute atomic E-state index is 0.345. The second-order valence-electron chi connectivity index (χ2n) is 5.44. The van der Waals surface area contributed by atoms with E-state index >= 15 is 0 Å². The maximum Gasteiger partial charge on any atom is 0.303 e. The Balaban J connectivity index is 0. The van der Waals surface area contributed by atoms with Crippen LogP contribution in [-0.2, 0) is 9.53 Å². The number of carboxylic acids is 1. The molecular formula is C17H36O3. The zero-order chi connectivity index (χ0) is 15.5. The molecule has 0 bridgehead atoms. The molecule has 0 saturated heterocycles. The second-order valence-corrected chi connectivity index (χ2v) is 5.44. The average Bonchev–Trinajstić information content (AvgIpc) is 2.40. The first kappa shape index (κ1) is 21.7. The molecule has 0 amide bonds. The molecule has 0 spiro atoms. The van der Waals surface area contributed by atoms with Gasteiger partial charge in [-0.2, -0.15) is 0 Å². The number of carbonyl (C=O) groups is 1. The minimum Gasteiger partial charge on any atom is -0.481 e. The molecule has 0 aromatic rings. The Morgan fingerprint density at radius 2 is 1.05 bits per heavy atom. The fourth-order valence-electron chi connectivity index (χ4n) is 2.12. The van der Waals surface area contributed by atoms with Crippen molar-refractivity contribution < 1.29 is 14.6 Å². The predicted molar refractivity (Wildman–Crippen MR) is 86.3 cm³/mol. The standard InChI is InChI=1S/C15H30O2.C2H6O/c1-2-3-4-5-6-7-8-9-10-11-12-13-14-15(16)17;1-3-2/h2-14H2,1H3,(H,16,17);1-2H3. The van der Waals surface area contributed by atoms with Crippen LogP contribution in [-0.4, -0.2) is 25.3 Å². The van der Waals surface area contributed by atoms with Crippen molar-refractivity contribution in [3.8, 4) is 0 Å². The Kier molecular flexibility index (Phi) is 22.5. The van der Waals surface area contributed by atoms with Crippen LogP contribution < -0.4 is 0 Å². The first-order valence-corrected chi connectivity index (χ1v) is 8.30. The normalized spacial score (nSPS) is 9.95. The number of carboxylic acid groups (broad SMARTS) is 1. The Labute approximate surface area is 126 Å². The van der Waals surface area contributed by atoms with Gasteiger partial charge in [-0.15, -0.1) is 0 Å². The molecule has 0 radical (unpaired) electrons. The Hall–Kier alpha value is -0.570. The summed E-state index contributed by atoms with van der Waals surface area (Å²) in [5.74, 6) is -0.655. The number of hydrogen-bond donors (Lipinski definition) is 1. The van der Waals surface area contributed by atoms with Crippen LogP contribution in [0.3, 0.4) is 0 Å². The molecular weight excluding hydrogens is 252 g/mol. The van der Waals surface area contributed by atoms with Crippen molar-refractivity contribution >= 4 is 5.97 Å². The molecule has 0 aliphatic heterocycles. The third-order valence-electron chi connectivity index (χ3n) is 3.24. The van der Waals surface area contributed by atoms with Gasteiger partial charge in [0, 0.05) is 20.6 Å². The summed E-state index contributed by atoms with van der Waals surface area (Å²) in [6.07, 6.45) is 15.8. The third-order valence-corrected chi connectivity index (χ3v) is 3.24. The number of hydrogen-bond acceptors (Lipinski definition) is 2. The van der Waals surface area contributed by atoms with Crippen LogP contribution in [0.25, 0.3) is 0 Å². The molecule has 0 aromatic carbocycles. The number of aliphatic carboxylic acids is 1. The highest BCUT2D eigenvalue weighted by Gasteiger charge is 1.96. The van der Waals surface area contributed by atoms with Gasteiger partial charge >= 0.3 is 5.97 Å². The van der Waals surface area contributed by atoms with E-state index in [2.05, 4.69) is 11.7 Å². The van der Waals surface area contributed by atoms with E-state index in [9.17, 15) is 4.79 Å². The van der Waals surface area contributed by atoms with Gasteiger partial charge in [-0.05, 0) is 6.42 Å². The fraction of sp³-hybridized carbons (Fsp3) is 0.941. The summed E-state index contributed by atoms with van der Waals surface area (Å²) in [5.41, 5.74) is 0.